The highest BCUT2D eigenvalue weighted by atomic mass is 16.7. The number of amides is 2. The van der Waals surface area contributed by atoms with Gasteiger partial charge in [-0.2, -0.15) is 0 Å². The second-order valence-corrected chi connectivity index (χ2v) is 4.91. The molecular formula is C13H13NO5. The predicted molar refractivity (Wildman–Crippen MR) is 64.3 cm³/mol. The van der Waals surface area contributed by atoms with Crippen LogP contribution in [-0.2, 0) is 9.63 Å². The van der Waals surface area contributed by atoms with E-state index >= 15 is 0 Å². The van der Waals surface area contributed by atoms with E-state index in [-0.39, 0.29) is 17.7 Å². The van der Waals surface area contributed by atoms with E-state index < -0.39 is 23.2 Å². The molecule has 6 heteroatoms. The second-order valence-electron chi connectivity index (χ2n) is 4.91. The average molecular weight is 263 g/mol. The molecule has 0 bridgehead atoms. The third-order valence-corrected chi connectivity index (χ3v) is 2.89. The highest BCUT2D eigenvalue weighted by Gasteiger charge is 2.38. The molecule has 1 aliphatic heterocycles. The maximum Gasteiger partial charge on any atom is 0.311 e. The number of hydrogen-bond donors (Lipinski definition) is 1. The third kappa shape index (κ3) is 2.22. The SMILES string of the molecule is CC(C)(CON1C(=O)c2ccccc2C1=O)C(=O)O. The van der Waals surface area contributed by atoms with Crippen molar-refractivity contribution in [3.63, 3.8) is 0 Å². The molecule has 0 radical (unpaired) electrons. The molecule has 0 atom stereocenters. The molecule has 0 aliphatic carbocycles. The molecule has 1 aromatic rings. The fourth-order valence-corrected chi connectivity index (χ4v) is 1.57. The van der Waals surface area contributed by atoms with E-state index in [4.69, 9.17) is 9.94 Å². The maximum atomic E-state index is 11.9. The Balaban J connectivity index is 2.15. The molecule has 1 heterocycles. The smallest absolute Gasteiger partial charge is 0.311 e. The Labute approximate surface area is 109 Å². The molecule has 0 spiro atoms. The molecule has 1 aromatic carbocycles. The van der Waals surface area contributed by atoms with Crippen molar-refractivity contribution in [3.8, 4) is 0 Å². The molecule has 0 saturated heterocycles. The Morgan fingerprint density at radius 1 is 1.21 bits per heavy atom. The van der Waals surface area contributed by atoms with Crippen molar-refractivity contribution in [1.82, 2.24) is 5.06 Å². The molecule has 1 N–H and O–H groups in total. The van der Waals surface area contributed by atoms with Crippen LogP contribution in [0.4, 0.5) is 0 Å². The maximum absolute atomic E-state index is 11.9. The Morgan fingerprint density at radius 3 is 2.11 bits per heavy atom. The Bertz CT molecular complexity index is 529. The standard InChI is InChI=1S/C13H13NO5/c1-13(2,12(17)18)7-19-14-10(15)8-5-3-4-6-9(8)11(14)16/h3-6H,7H2,1-2H3,(H,17,18). The Kier molecular flexibility index (Phi) is 3.11. The first-order valence-electron chi connectivity index (χ1n) is 5.69. The number of aliphatic carboxylic acids is 1. The highest BCUT2D eigenvalue weighted by molar-refractivity contribution is 6.20. The average Bonchev–Trinajstić information content (AvgIpc) is 2.60. The fraction of sp³-hybridized carbons (Fsp3) is 0.308. The second kappa shape index (κ2) is 4.47. The van der Waals surface area contributed by atoms with Gasteiger partial charge in [0, 0.05) is 0 Å². The van der Waals surface area contributed by atoms with Gasteiger partial charge in [0.1, 0.15) is 0 Å². The van der Waals surface area contributed by atoms with Crippen LogP contribution >= 0.6 is 0 Å². The zero-order chi connectivity index (χ0) is 14.2. The lowest BCUT2D eigenvalue weighted by atomic mass is 9.96. The number of fused-ring (bicyclic) bond motifs is 1. The number of carboxylic acid groups (broad SMARTS) is 1. The van der Waals surface area contributed by atoms with Gasteiger partial charge in [-0.15, -0.1) is 5.06 Å². The molecule has 1 aliphatic rings. The number of hydrogen-bond acceptors (Lipinski definition) is 4. The van der Waals surface area contributed by atoms with Gasteiger partial charge in [-0.05, 0) is 26.0 Å². The molecule has 2 amide bonds. The van der Waals surface area contributed by atoms with Crippen LogP contribution in [0.25, 0.3) is 0 Å². The number of imide groups is 1. The zero-order valence-corrected chi connectivity index (χ0v) is 10.5. The van der Waals surface area contributed by atoms with Crippen molar-refractivity contribution in [1.29, 1.82) is 0 Å². The topological polar surface area (TPSA) is 83.9 Å². The van der Waals surface area contributed by atoms with Gasteiger partial charge in [0.05, 0.1) is 23.1 Å². The molecule has 0 unspecified atom stereocenters. The van der Waals surface area contributed by atoms with Crippen LogP contribution in [0.5, 0.6) is 0 Å². The number of carbonyl (C=O) groups is 3. The monoisotopic (exact) mass is 263 g/mol. The van der Waals surface area contributed by atoms with Gasteiger partial charge in [-0.1, -0.05) is 12.1 Å². The highest BCUT2D eigenvalue weighted by Crippen LogP contribution is 2.24. The van der Waals surface area contributed by atoms with Crippen LogP contribution in [0.2, 0.25) is 0 Å². The summed E-state index contributed by atoms with van der Waals surface area (Å²) in [5.74, 6) is -2.20. The van der Waals surface area contributed by atoms with Gasteiger partial charge < -0.3 is 5.11 Å². The summed E-state index contributed by atoms with van der Waals surface area (Å²) < 4.78 is 0. The molecule has 2 rings (SSSR count). The van der Waals surface area contributed by atoms with Crippen molar-refractivity contribution in [2.45, 2.75) is 13.8 Å². The van der Waals surface area contributed by atoms with Gasteiger partial charge in [0.2, 0.25) is 0 Å². The first-order chi connectivity index (χ1) is 8.84. The quantitative estimate of drug-likeness (QED) is 0.828. The summed E-state index contributed by atoms with van der Waals surface area (Å²) in [5.41, 5.74) is -0.656. The van der Waals surface area contributed by atoms with Gasteiger partial charge in [0.15, 0.2) is 0 Å². The molecule has 0 fully saturated rings. The van der Waals surface area contributed by atoms with Crippen LogP contribution in [0.3, 0.4) is 0 Å². The van der Waals surface area contributed by atoms with E-state index in [1.165, 1.54) is 26.0 Å². The van der Waals surface area contributed by atoms with Crippen LogP contribution in [0.15, 0.2) is 24.3 Å². The van der Waals surface area contributed by atoms with Crippen molar-refractivity contribution in [2.75, 3.05) is 6.61 Å². The molecule has 0 aromatic heterocycles. The van der Waals surface area contributed by atoms with E-state index in [0.717, 1.165) is 0 Å². The Morgan fingerprint density at radius 2 is 1.68 bits per heavy atom. The normalized spacial score (nSPS) is 14.7. The summed E-state index contributed by atoms with van der Waals surface area (Å²) >= 11 is 0. The predicted octanol–water partition coefficient (Wildman–Crippen LogP) is 1.32. The summed E-state index contributed by atoms with van der Waals surface area (Å²) in [5, 5.41) is 9.57. The molecule has 19 heavy (non-hydrogen) atoms. The third-order valence-electron chi connectivity index (χ3n) is 2.89. The van der Waals surface area contributed by atoms with Gasteiger partial charge >= 0.3 is 5.97 Å². The van der Waals surface area contributed by atoms with Crippen molar-refractivity contribution in [3.05, 3.63) is 35.4 Å². The minimum Gasteiger partial charge on any atom is -0.481 e. The Hall–Kier alpha value is -2.21. The number of benzene rings is 1. The van der Waals surface area contributed by atoms with Crippen LogP contribution in [0.1, 0.15) is 34.6 Å². The van der Waals surface area contributed by atoms with Gasteiger partial charge in [-0.25, -0.2) is 0 Å². The first kappa shape index (κ1) is 13.2. The van der Waals surface area contributed by atoms with Crippen molar-refractivity contribution < 1.29 is 24.3 Å². The summed E-state index contributed by atoms with van der Waals surface area (Å²) in [7, 11) is 0. The summed E-state index contributed by atoms with van der Waals surface area (Å²) in [6.45, 7) is 2.63. The van der Waals surface area contributed by atoms with Crippen LogP contribution < -0.4 is 0 Å². The number of carboxylic acids is 1. The molecule has 0 saturated carbocycles. The van der Waals surface area contributed by atoms with E-state index in [1.54, 1.807) is 12.1 Å². The van der Waals surface area contributed by atoms with Crippen LogP contribution in [0, 0.1) is 5.41 Å². The minimum absolute atomic E-state index is 0.264. The van der Waals surface area contributed by atoms with Gasteiger partial charge in [0.25, 0.3) is 11.8 Å². The number of rotatable bonds is 4. The molecular weight excluding hydrogens is 250 g/mol. The number of carbonyl (C=O) groups excluding carboxylic acids is 2. The lowest BCUT2D eigenvalue weighted by Crippen LogP contribution is -2.37. The minimum atomic E-state index is -1.19. The zero-order valence-electron chi connectivity index (χ0n) is 10.5. The molecule has 100 valence electrons. The summed E-state index contributed by atoms with van der Waals surface area (Å²) in [4.78, 5) is 39.9. The van der Waals surface area contributed by atoms with Crippen molar-refractivity contribution >= 4 is 17.8 Å². The summed E-state index contributed by atoms with van der Waals surface area (Å²) in [6.07, 6.45) is 0. The first-order valence-corrected chi connectivity index (χ1v) is 5.69. The largest absolute Gasteiger partial charge is 0.481 e. The van der Waals surface area contributed by atoms with E-state index in [9.17, 15) is 14.4 Å². The molecule has 6 nitrogen and oxygen atoms in total. The lowest BCUT2D eigenvalue weighted by Gasteiger charge is -2.21. The van der Waals surface area contributed by atoms with E-state index in [0.29, 0.717) is 5.06 Å². The number of nitrogens with zero attached hydrogens (tertiary/aromatic N) is 1. The van der Waals surface area contributed by atoms with Gasteiger partial charge in [-0.3, -0.25) is 19.2 Å². The van der Waals surface area contributed by atoms with E-state index in [1.807, 2.05) is 0 Å². The van der Waals surface area contributed by atoms with Crippen molar-refractivity contribution in [2.24, 2.45) is 5.41 Å². The summed E-state index contributed by atoms with van der Waals surface area (Å²) in [6, 6.07) is 6.35. The van der Waals surface area contributed by atoms with E-state index in [2.05, 4.69) is 0 Å². The fourth-order valence-electron chi connectivity index (χ4n) is 1.57. The lowest BCUT2D eigenvalue weighted by molar-refractivity contribution is -0.161. The van der Waals surface area contributed by atoms with Crippen LogP contribution in [-0.4, -0.2) is 34.6 Å². The number of hydroxylamine groups is 2.